The van der Waals surface area contributed by atoms with E-state index in [2.05, 4.69) is 16.9 Å². The fourth-order valence-electron chi connectivity index (χ4n) is 2.59. The van der Waals surface area contributed by atoms with Crippen LogP contribution in [0, 0.1) is 5.92 Å². The van der Waals surface area contributed by atoms with Crippen molar-refractivity contribution in [1.82, 2.24) is 15.0 Å². The molecule has 0 saturated heterocycles. The maximum Gasteiger partial charge on any atom is 0.116 e. The van der Waals surface area contributed by atoms with E-state index in [4.69, 9.17) is 9.72 Å². The number of pyridine rings is 1. The summed E-state index contributed by atoms with van der Waals surface area (Å²) in [6.45, 7) is 5.61. The van der Waals surface area contributed by atoms with Gasteiger partial charge < -0.3 is 14.8 Å². The van der Waals surface area contributed by atoms with Crippen molar-refractivity contribution in [2.75, 3.05) is 13.2 Å². The van der Waals surface area contributed by atoms with Crippen LogP contribution in [0.1, 0.15) is 19.5 Å². The predicted octanol–water partition coefficient (Wildman–Crippen LogP) is 3.03. The summed E-state index contributed by atoms with van der Waals surface area (Å²) < 4.78 is 5.48. The summed E-state index contributed by atoms with van der Waals surface area (Å²) in [5.74, 6) is 0.615. The van der Waals surface area contributed by atoms with Crippen molar-refractivity contribution < 1.29 is 9.84 Å². The standard InChI is InChI=1S/C16H19N3O2/c1-3-21-8-10(2)6-14-16-15(17-9-18-16)12-7-11(20)4-5-13(12)19-14/h4-5,7,9-10,20H,3,6,8H2,1-2H3,(H,17,18). The molecule has 0 aliphatic rings. The summed E-state index contributed by atoms with van der Waals surface area (Å²) in [5, 5.41) is 10.5. The smallest absolute Gasteiger partial charge is 0.116 e. The first kappa shape index (κ1) is 13.8. The van der Waals surface area contributed by atoms with Gasteiger partial charge in [0.2, 0.25) is 0 Å². The number of benzene rings is 1. The van der Waals surface area contributed by atoms with Crippen molar-refractivity contribution in [3.05, 3.63) is 30.2 Å². The van der Waals surface area contributed by atoms with Gasteiger partial charge in [-0.25, -0.2) is 4.98 Å². The average Bonchev–Trinajstić information content (AvgIpc) is 2.96. The zero-order chi connectivity index (χ0) is 14.8. The highest BCUT2D eigenvalue weighted by atomic mass is 16.5. The number of nitrogens with zero attached hydrogens (tertiary/aromatic N) is 2. The fraction of sp³-hybridized carbons (Fsp3) is 0.375. The third-order valence-electron chi connectivity index (χ3n) is 3.57. The molecule has 0 saturated carbocycles. The lowest BCUT2D eigenvalue weighted by molar-refractivity contribution is 0.116. The average molecular weight is 285 g/mol. The molecule has 0 spiro atoms. The van der Waals surface area contributed by atoms with Gasteiger partial charge in [-0.2, -0.15) is 0 Å². The van der Waals surface area contributed by atoms with Crippen LogP contribution in [0.25, 0.3) is 21.9 Å². The van der Waals surface area contributed by atoms with Crippen molar-refractivity contribution >= 4 is 21.9 Å². The number of fused-ring (bicyclic) bond motifs is 3. The molecule has 2 aromatic heterocycles. The van der Waals surface area contributed by atoms with Crippen molar-refractivity contribution in [2.45, 2.75) is 20.3 Å². The van der Waals surface area contributed by atoms with Gasteiger partial charge in [0.05, 0.1) is 28.6 Å². The number of imidazole rings is 1. The number of aromatic nitrogens is 3. The first-order valence-corrected chi connectivity index (χ1v) is 7.21. The lowest BCUT2D eigenvalue weighted by atomic mass is 10.0. The molecular formula is C16H19N3O2. The normalized spacial score (nSPS) is 13.0. The highest BCUT2D eigenvalue weighted by molar-refractivity contribution is 6.03. The second kappa shape index (κ2) is 5.69. The van der Waals surface area contributed by atoms with Crippen molar-refractivity contribution in [3.63, 3.8) is 0 Å². The number of rotatable bonds is 5. The molecule has 5 heteroatoms. The van der Waals surface area contributed by atoms with Crippen LogP contribution in [0.5, 0.6) is 5.75 Å². The maximum atomic E-state index is 9.66. The SMILES string of the molecule is CCOCC(C)Cc1nc2ccc(O)cc2c2nc[nH]c12. The Kier molecular flexibility index (Phi) is 3.75. The number of aromatic amines is 1. The van der Waals surface area contributed by atoms with Crippen LogP contribution >= 0.6 is 0 Å². The van der Waals surface area contributed by atoms with Gasteiger partial charge in [-0.3, -0.25) is 4.98 Å². The first-order valence-electron chi connectivity index (χ1n) is 7.21. The topological polar surface area (TPSA) is 71.0 Å². The number of H-pyrrole nitrogens is 1. The molecule has 2 N–H and O–H groups in total. The molecule has 0 aliphatic carbocycles. The largest absolute Gasteiger partial charge is 0.508 e. The highest BCUT2D eigenvalue weighted by Gasteiger charge is 2.14. The van der Waals surface area contributed by atoms with E-state index < -0.39 is 0 Å². The Morgan fingerprint density at radius 2 is 2.24 bits per heavy atom. The minimum absolute atomic E-state index is 0.228. The molecule has 5 nitrogen and oxygen atoms in total. The zero-order valence-corrected chi connectivity index (χ0v) is 12.3. The van der Waals surface area contributed by atoms with Gasteiger partial charge in [0.15, 0.2) is 0 Å². The molecule has 110 valence electrons. The van der Waals surface area contributed by atoms with Crippen LogP contribution in [0.2, 0.25) is 0 Å². The van der Waals surface area contributed by atoms with Crippen molar-refractivity contribution in [2.24, 2.45) is 5.92 Å². The molecule has 0 aliphatic heterocycles. The lowest BCUT2D eigenvalue weighted by Gasteiger charge is -2.12. The summed E-state index contributed by atoms with van der Waals surface area (Å²) in [7, 11) is 0. The van der Waals surface area contributed by atoms with Gasteiger partial charge in [0.25, 0.3) is 0 Å². The van der Waals surface area contributed by atoms with Crippen molar-refractivity contribution in [1.29, 1.82) is 0 Å². The molecule has 21 heavy (non-hydrogen) atoms. The molecule has 1 aromatic carbocycles. The number of ether oxygens (including phenoxy) is 1. The van der Waals surface area contributed by atoms with E-state index in [0.29, 0.717) is 5.92 Å². The Hall–Kier alpha value is -2.14. The van der Waals surface area contributed by atoms with Gasteiger partial charge in [-0.1, -0.05) is 6.92 Å². The van der Waals surface area contributed by atoms with Crippen LogP contribution in [0.3, 0.4) is 0 Å². The third kappa shape index (κ3) is 2.69. The number of aromatic hydroxyl groups is 1. The summed E-state index contributed by atoms with van der Waals surface area (Å²) in [6.07, 6.45) is 2.50. The monoisotopic (exact) mass is 285 g/mol. The van der Waals surface area contributed by atoms with E-state index in [0.717, 1.165) is 47.3 Å². The van der Waals surface area contributed by atoms with Gasteiger partial charge in [-0.05, 0) is 37.5 Å². The molecule has 0 bridgehead atoms. The van der Waals surface area contributed by atoms with Gasteiger partial charge in [0, 0.05) is 18.6 Å². The van der Waals surface area contributed by atoms with Gasteiger partial charge in [-0.15, -0.1) is 0 Å². The number of phenolic OH excluding ortho intramolecular Hbond substituents is 1. The third-order valence-corrected chi connectivity index (χ3v) is 3.57. The van der Waals surface area contributed by atoms with E-state index in [9.17, 15) is 5.11 Å². The maximum absolute atomic E-state index is 9.66. The number of hydrogen-bond acceptors (Lipinski definition) is 4. The van der Waals surface area contributed by atoms with E-state index in [-0.39, 0.29) is 5.75 Å². The van der Waals surface area contributed by atoms with E-state index in [1.165, 1.54) is 0 Å². The molecule has 0 fully saturated rings. The predicted molar refractivity (Wildman–Crippen MR) is 82.4 cm³/mol. The Labute approximate surface area is 123 Å². The van der Waals surface area contributed by atoms with E-state index >= 15 is 0 Å². The second-order valence-electron chi connectivity index (χ2n) is 5.35. The molecule has 1 unspecified atom stereocenters. The minimum Gasteiger partial charge on any atom is -0.508 e. The molecular weight excluding hydrogens is 266 g/mol. The van der Waals surface area contributed by atoms with E-state index in [1.54, 1.807) is 18.5 Å². The number of nitrogens with one attached hydrogen (secondary N) is 1. The van der Waals surface area contributed by atoms with Crippen LogP contribution in [0.15, 0.2) is 24.5 Å². The van der Waals surface area contributed by atoms with Crippen LogP contribution in [-0.4, -0.2) is 33.3 Å². The Morgan fingerprint density at radius 1 is 1.38 bits per heavy atom. The molecule has 3 aromatic rings. The zero-order valence-electron chi connectivity index (χ0n) is 12.3. The fourth-order valence-corrected chi connectivity index (χ4v) is 2.59. The Balaban J connectivity index is 2.05. The summed E-state index contributed by atoms with van der Waals surface area (Å²) in [6, 6.07) is 5.19. The van der Waals surface area contributed by atoms with Gasteiger partial charge in [0.1, 0.15) is 5.75 Å². The summed E-state index contributed by atoms with van der Waals surface area (Å²) in [4.78, 5) is 12.3. The van der Waals surface area contributed by atoms with Crippen LogP contribution < -0.4 is 0 Å². The molecule has 1 atom stereocenters. The minimum atomic E-state index is 0.228. The molecule has 0 amide bonds. The summed E-state index contributed by atoms with van der Waals surface area (Å²) in [5.41, 5.74) is 3.64. The number of hydrogen-bond donors (Lipinski definition) is 2. The van der Waals surface area contributed by atoms with Gasteiger partial charge >= 0.3 is 0 Å². The Morgan fingerprint density at radius 3 is 3.05 bits per heavy atom. The summed E-state index contributed by atoms with van der Waals surface area (Å²) >= 11 is 0. The number of phenols is 1. The van der Waals surface area contributed by atoms with Crippen LogP contribution in [0.4, 0.5) is 0 Å². The quantitative estimate of drug-likeness (QED) is 0.756. The lowest BCUT2D eigenvalue weighted by Crippen LogP contribution is -2.10. The Bertz CT molecular complexity index is 767. The highest BCUT2D eigenvalue weighted by Crippen LogP contribution is 2.27. The molecule has 0 radical (unpaired) electrons. The molecule has 2 heterocycles. The second-order valence-corrected chi connectivity index (χ2v) is 5.35. The van der Waals surface area contributed by atoms with Crippen LogP contribution in [-0.2, 0) is 11.2 Å². The van der Waals surface area contributed by atoms with Crippen molar-refractivity contribution in [3.8, 4) is 5.75 Å². The first-order chi connectivity index (χ1) is 10.2. The van der Waals surface area contributed by atoms with E-state index in [1.807, 2.05) is 13.0 Å². The molecule has 3 rings (SSSR count).